The van der Waals surface area contributed by atoms with E-state index in [0.29, 0.717) is 11.9 Å². The van der Waals surface area contributed by atoms with Crippen LogP contribution in [-0.4, -0.2) is 41.2 Å². The molecule has 1 saturated heterocycles. The van der Waals surface area contributed by atoms with E-state index in [1.807, 2.05) is 0 Å². The van der Waals surface area contributed by atoms with Gasteiger partial charge in [-0.05, 0) is 20.0 Å². The molecular formula is C12H23ClN4O. The number of hydrogen-bond donors (Lipinski definition) is 1. The number of rotatable bonds is 3. The molecule has 104 valence electrons. The summed E-state index contributed by atoms with van der Waals surface area (Å²) in [5.41, 5.74) is -0.0707. The summed E-state index contributed by atoms with van der Waals surface area (Å²) in [4.78, 5) is 6.74. The van der Waals surface area contributed by atoms with Gasteiger partial charge in [-0.2, -0.15) is 4.98 Å². The highest BCUT2D eigenvalue weighted by Gasteiger charge is 2.24. The van der Waals surface area contributed by atoms with Crippen molar-refractivity contribution in [2.75, 3.05) is 20.1 Å². The molecule has 1 aliphatic heterocycles. The molecule has 1 aliphatic rings. The SMILES string of the molecule is CN(Cc1noc(C(C)(C)C)n1)C1CCNC1.Cl. The molecule has 1 N–H and O–H groups in total. The van der Waals surface area contributed by atoms with Gasteiger partial charge in [0.1, 0.15) is 0 Å². The fourth-order valence-corrected chi connectivity index (χ4v) is 1.99. The molecule has 1 aromatic rings. The second-order valence-electron chi connectivity index (χ2n) is 5.83. The van der Waals surface area contributed by atoms with Crippen LogP contribution in [0.25, 0.3) is 0 Å². The van der Waals surface area contributed by atoms with Crippen LogP contribution in [0.2, 0.25) is 0 Å². The fourth-order valence-electron chi connectivity index (χ4n) is 1.99. The molecule has 0 spiro atoms. The zero-order valence-corrected chi connectivity index (χ0v) is 12.4. The molecule has 0 aliphatic carbocycles. The lowest BCUT2D eigenvalue weighted by molar-refractivity contribution is 0.238. The Morgan fingerprint density at radius 2 is 2.17 bits per heavy atom. The van der Waals surface area contributed by atoms with Gasteiger partial charge in [-0.3, -0.25) is 4.90 Å². The van der Waals surface area contributed by atoms with E-state index in [1.165, 1.54) is 6.42 Å². The zero-order valence-electron chi connectivity index (χ0n) is 11.6. The maximum atomic E-state index is 5.29. The topological polar surface area (TPSA) is 54.2 Å². The normalized spacial score (nSPS) is 20.2. The lowest BCUT2D eigenvalue weighted by atomic mass is 9.97. The van der Waals surface area contributed by atoms with Crippen molar-refractivity contribution in [3.8, 4) is 0 Å². The Morgan fingerprint density at radius 1 is 1.44 bits per heavy atom. The molecule has 5 nitrogen and oxygen atoms in total. The first-order valence-corrected chi connectivity index (χ1v) is 6.21. The highest BCUT2D eigenvalue weighted by Crippen LogP contribution is 2.20. The Morgan fingerprint density at radius 3 is 2.67 bits per heavy atom. The Balaban J connectivity index is 0.00000162. The number of aromatic nitrogens is 2. The Bertz CT molecular complexity index is 368. The summed E-state index contributed by atoms with van der Waals surface area (Å²) in [5, 5.41) is 7.41. The Labute approximate surface area is 115 Å². The molecular weight excluding hydrogens is 252 g/mol. The van der Waals surface area contributed by atoms with E-state index < -0.39 is 0 Å². The molecule has 1 aromatic heterocycles. The molecule has 6 heteroatoms. The lowest BCUT2D eigenvalue weighted by Gasteiger charge is -2.21. The van der Waals surface area contributed by atoms with Gasteiger partial charge < -0.3 is 9.84 Å². The van der Waals surface area contributed by atoms with Crippen molar-refractivity contribution < 1.29 is 4.52 Å². The van der Waals surface area contributed by atoms with Gasteiger partial charge in [-0.1, -0.05) is 25.9 Å². The third-order valence-corrected chi connectivity index (χ3v) is 3.16. The second-order valence-corrected chi connectivity index (χ2v) is 5.83. The van der Waals surface area contributed by atoms with Crippen molar-refractivity contribution in [2.45, 2.75) is 45.2 Å². The first-order chi connectivity index (χ1) is 7.97. The first kappa shape index (κ1) is 15.4. The number of halogens is 1. The summed E-state index contributed by atoms with van der Waals surface area (Å²) >= 11 is 0. The summed E-state index contributed by atoms with van der Waals surface area (Å²) in [5.74, 6) is 1.50. The van der Waals surface area contributed by atoms with Crippen LogP contribution in [-0.2, 0) is 12.0 Å². The summed E-state index contributed by atoms with van der Waals surface area (Å²) in [6.45, 7) is 9.15. The molecule has 0 amide bonds. The minimum absolute atomic E-state index is 0. The molecule has 2 rings (SSSR count). The minimum atomic E-state index is -0.0707. The summed E-state index contributed by atoms with van der Waals surface area (Å²) in [7, 11) is 2.12. The molecule has 1 atom stereocenters. The van der Waals surface area contributed by atoms with E-state index in [4.69, 9.17) is 4.52 Å². The van der Waals surface area contributed by atoms with Crippen LogP contribution < -0.4 is 5.32 Å². The predicted octanol–water partition coefficient (Wildman–Crippen LogP) is 1.58. The number of hydrogen-bond acceptors (Lipinski definition) is 5. The van der Waals surface area contributed by atoms with Gasteiger partial charge in [0.2, 0.25) is 5.89 Å². The van der Waals surface area contributed by atoms with E-state index in [0.717, 1.165) is 25.5 Å². The van der Waals surface area contributed by atoms with Gasteiger partial charge in [0.05, 0.1) is 6.54 Å². The lowest BCUT2D eigenvalue weighted by Crippen LogP contribution is -2.33. The maximum Gasteiger partial charge on any atom is 0.232 e. The summed E-state index contributed by atoms with van der Waals surface area (Å²) in [6, 6.07) is 0.589. The monoisotopic (exact) mass is 274 g/mol. The van der Waals surface area contributed by atoms with Crippen molar-refractivity contribution in [3.05, 3.63) is 11.7 Å². The summed E-state index contributed by atoms with van der Waals surface area (Å²) in [6.07, 6.45) is 1.19. The van der Waals surface area contributed by atoms with Crippen molar-refractivity contribution in [3.63, 3.8) is 0 Å². The Kier molecular flexibility index (Phi) is 5.13. The van der Waals surface area contributed by atoms with Crippen molar-refractivity contribution in [2.24, 2.45) is 0 Å². The largest absolute Gasteiger partial charge is 0.339 e. The van der Waals surface area contributed by atoms with E-state index in [1.54, 1.807) is 0 Å². The fraction of sp³-hybridized carbons (Fsp3) is 0.833. The molecule has 1 fully saturated rings. The number of nitrogens with zero attached hydrogens (tertiary/aromatic N) is 3. The number of nitrogens with one attached hydrogen (secondary N) is 1. The number of likely N-dealkylation sites (N-methyl/N-ethyl adjacent to an activating group) is 1. The van der Waals surface area contributed by atoms with Crippen molar-refractivity contribution in [1.29, 1.82) is 0 Å². The van der Waals surface area contributed by atoms with Gasteiger partial charge in [0.25, 0.3) is 0 Å². The van der Waals surface area contributed by atoms with E-state index >= 15 is 0 Å². The van der Waals surface area contributed by atoms with E-state index in [2.05, 4.69) is 48.2 Å². The quantitative estimate of drug-likeness (QED) is 0.907. The standard InChI is InChI=1S/C12H22N4O.ClH/c1-12(2,3)11-14-10(15-17-11)8-16(4)9-5-6-13-7-9;/h9,13H,5-8H2,1-4H3;1H. The zero-order chi connectivity index (χ0) is 12.5. The maximum absolute atomic E-state index is 5.29. The first-order valence-electron chi connectivity index (χ1n) is 6.21. The van der Waals surface area contributed by atoms with Crippen LogP contribution in [0.15, 0.2) is 4.52 Å². The average Bonchev–Trinajstić information content (AvgIpc) is 2.85. The second kappa shape index (κ2) is 5.99. The Hall–Kier alpha value is -0.650. The molecule has 0 aromatic carbocycles. The van der Waals surface area contributed by atoms with E-state index in [9.17, 15) is 0 Å². The van der Waals surface area contributed by atoms with Gasteiger partial charge in [-0.25, -0.2) is 0 Å². The predicted molar refractivity (Wildman–Crippen MR) is 73.0 cm³/mol. The third kappa shape index (κ3) is 3.67. The van der Waals surface area contributed by atoms with Gasteiger partial charge in [0, 0.05) is 18.0 Å². The van der Waals surface area contributed by atoms with Crippen molar-refractivity contribution in [1.82, 2.24) is 20.4 Å². The third-order valence-electron chi connectivity index (χ3n) is 3.16. The average molecular weight is 275 g/mol. The smallest absolute Gasteiger partial charge is 0.232 e. The van der Waals surface area contributed by atoms with Crippen LogP contribution in [0.5, 0.6) is 0 Å². The van der Waals surface area contributed by atoms with Crippen molar-refractivity contribution >= 4 is 12.4 Å². The van der Waals surface area contributed by atoms with Crippen LogP contribution in [0.4, 0.5) is 0 Å². The van der Waals surface area contributed by atoms with Crippen LogP contribution in [0.3, 0.4) is 0 Å². The van der Waals surface area contributed by atoms with E-state index in [-0.39, 0.29) is 17.8 Å². The molecule has 1 unspecified atom stereocenters. The van der Waals surface area contributed by atoms with Crippen LogP contribution >= 0.6 is 12.4 Å². The van der Waals surface area contributed by atoms with Crippen LogP contribution in [0, 0.1) is 0 Å². The van der Waals surface area contributed by atoms with Gasteiger partial charge in [-0.15, -0.1) is 12.4 Å². The highest BCUT2D eigenvalue weighted by atomic mass is 35.5. The van der Waals surface area contributed by atoms with Crippen LogP contribution in [0.1, 0.15) is 38.9 Å². The van der Waals surface area contributed by atoms with Gasteiger partial charge >= 0.3 is 0 Å². The molecule has 2 heterocycles. The summed E-state index contributed by atoms with van der Waals surface area (Å²) < 4.78 is 5.29. The molecule has 0 radical (unpaired) electrons. The molecule has 0 saturated carbocycles. The van der Waals surface area contributed by atoms with Gasteiger partial charge in [0.15, 0.2) is 5.82 Å². The highest BCUT2D eigenvalue weighted by molar-refractivity contribution is 5.85. The minimum Gasteiger partial charge on any atom is -0.339 e. The molecule has 0 bridgehead atoms. The molecule has 18 heavy (non-hydrogen) atoms.